The van der Waals surface area contributed by atoms with Crippen LogP contribution < -0.4 is 10.7 Å². The van der Waals surface area contributed by atoms with E-state index in [4.69, 9.17) is 11.6 Å². The third-order valence-electron chi connectivity index (χ3n) is 4.63. The predicted octanol–water partition coefficient (Wildman–Crippen LogP) is 3.49. The molecule has 140 valence electrons. The van der Waals surface area contributed by atoms with Crippen LogP contribution in [0.4, 0.5) is 0 Å². The summed E-state index contributed by atoms with van der Waals surface area (Å²) in [6.45, 7) is 1.71. The van der Waals surface area contributed by atoms with E-state index in [-0.39, 0.29) is 18.4 Å². The van der Waals surface area contributed by atoms with Gasteiger partial charge in [-0.25, -0.2) is 5.43 Å². The van der Waals surface area contributed by atoms with Crippen LogP contribution in [0.1, 0.15) is 46.8 Å². The molecule has 2 aromatic carbocycles. The number of nitrogens with zero attached hydrogens (tertiary/aromatic N) is 1. The van der Waals surface area contributed by atoms with E-state index in [1.807, 2.05) is 13.0 Å². The Kier molecular flexibility index (Phi) is 6.24. The van der Waals surface area contributed by atoms with Gasteiger partial charge in [-0.3, -0.25) is 9.59 Å². The fraction of sp³-hybridized carbons (Fsp3) is 0.286. The number of nitrogens with one attached hydrogen (secondary N) is 2. The van der Waals surface area contributed by atoms with Crippen LogP contribution in [0.25, 0.3) is 0 Å². The highest BCUT2D eigenvalue weighted by molar-refractivity contribution is 6.30. The van der Waals surface area contributed by atoms with Crippen molar-refractivity contribution >= 4 is 29.1 Å². The molecule has 2 aromatic rings. The molecule has 0 aromatic heterocycles. The molecule has 0 saturated heterocycles. The Morgan fingerprint density at radius 2 is 1.67 bits per heavy atom. The Morgan fingerprint density at radius 3 is 2.41 bits per heavy atom. The second-order valence-electron chi connectivity index (χ2n) is 6.61. The number of rotatable bonds is 5. The predicted molar refractivity (Wildman–Crippen MR) is 107 cm³/mol. The average molecular weight is 384 g/mol. The maximum absolute atomic E-state index is 12.0. The molecule has 0 fully saturated rings. The molecule has 0 radical (unpaired) electrons. The second kappa shape index (κ2) is 8.82. The summed E-state index contributed by atoms with van der Waals surface area (Å²) in [5, 5.41) is 7.27. The lowest BCUT2D eigenvalue weighted by Gasteiger charge is -2.16. The molecule has 27 heavy (non-hydrogen) atoms. The van der Waals surface area contributed by atoms with Gasteiger partial charge in [0.1, 0.15) is 0 Å². The van der Waals surface area contributed by atoms with E-state index in [9.17, 15) is 9.59 Å². The molecule has 6 heteroatoms. The van der Waals surface area contributed by atoms with Crippen molar-refractivity contribution in [3.05, 3.63) is 69.7 Å². The number of hydrazone groups is 1. The lowest BCUT2D eigenvalue weighted by molar-refractivity contribution is -0.120. The molecule has 1 aliphatic carbocycles. The Morgan fingerprint density at radius 1 is 1.00 bits per heavy atom. The maximum Gasteiger partial charge on any atom is 0.259 e. The summed E-state index contributed by atoms with van der Waals surface area (Å²) in [6.07, 6.45) is 4.70. The molecule has 0 spiro atoms. The fourth-order valence-electron chi connectivity index (χ4n) is 3.07. The van der Waals surface area contributed by atoms with E-state index in [1.165, 1.54) is 24.0 Å². The number of hydrogen-bond donors (Lipinski definition) is 2. The normalized spacial score (nSPS) is 13.6. The van der Waals surface area contributed by atoms with E-state index in [0.29, 0.717) is 10.6 Å². The fourth-order valence-corrected chi connectivity index (χ4v) is 3.20. The first kappa shape index (κ1) is 19.1. The van der Waals surface area contributed by atoms with Crippen molar-refractivity contribution in [3.63, 3.8) is 0 Å². The number of fused-ring (bicyclic) bond motifs is 1. The topological polar surface area (TPSA) is 70.6 Å². The zero-order valence-electron chi connectivity index (χ0n) is 15.2. The van der Waals surface area contributed by atoms with Crippen LogP contribution in [0.2, 0.25) is 5.02 Å². The summed E-state index contributed by atoms with van der Waals surface area (Å²) in [4.78, 5) is 23.9. The highest BCUT2D eigenvalue weighted by Crippen LogP contribution is 2.22. The van der Waals surface area contributed by atoms with Gasteiger partial charge in [0, 0.05) is 10.6 Å². The van der Waals surface area contributed by atoms with Gasteiger partial charge in [-0.1, -0.05) is 23.7 Å². The van der Waals surface area contributed by atoms with Gasteiger partial charge in [0.25, 0.3) is 11.8 Å². The van der Waals surface area contributed by atoms with Gasteiger partial charge in [-0.15, -0.1) is 0 Å². The first-order chi connectivity index (χ1) is 13.0. The van der Waals surface area contributed by atoms with Gasteiger partial charge >= 0.3 is 0 Å². The van der Waals surface area contributed by atoms with Gasteiger partial charge in [-0.2, -0.15) is 5.10 Å². The van der Waals surface area contributed by atoms with E-state index < -0.39 is 0 Å². The highest BCUT2D eigenvalue weighted by Gasteiger charge is 2.11. The van der Waals surface area contributed by atoms with Gasteiger partial charge in [0.15, 0.2) is 0 Å². The lowest BCUT2D eigenvalue weighted by atomic mass is 9.90. The Hall–Kier alpha value is -2.66. The summed E-state index contributed by atoms with van der Waals surface area (Å²) >= 11 is 5.79. The molecule has 0 bridgehead atoms. The SMILES string of the molecule is C/C(=N/NC(=O)CNC(=O)c1ccc(Cl)cc1)c1ccc2c(c1)CCCC2. The van der Waals surface area contributed by atoms with Gasteiger partial charge < -0.3 is 5.32 Å². The minimum absolute atomic E-state index is 0.150. The summed E-state index contributed by atoms with van der Waals surface area (Å²) in [7, 11) is 0. The van der Waals surface area contributed by atoms with E-state index >= 15 is 0 Å². The van der Waals surface area contributed by atoms with Gasteiger partial charge in [0.05, 0.1) is 12.3 Å². The quantitative estimate of drug-likeness (QED) is 0.612. The van der Waals surface area contributed by atoms with E-state index in [0.717, 1.165) is 24.1 Å². The summed E-state index contributed by atoms with van der Waals surface area (Å²) in [5.41, 5.74) is 7.45. The second-order valence-corrected chi connectivity index (χ2v) is 7.05. The molecular weight excluding hydrogens is 362 g/mol. The van der Waals surface area contributed by atoms with Crippen LogP contribution in [-0.2, 0) is 17.6 Å². The number of hydrogen-bond acceptors (Lipinski definition) is 3. The van der Waals surface area contributed by atoms with Crippen molar-refractivity contribution in [3.8, 4) is 0 Å². The van der Waals surface area contributed by atoms with Crippen LogP contribution in [0.15, 0.2) is 47.6 Å². The molecule has 3 rings (SSSR count). The Balaban J connectivity index is 1.53. The number of benzene rings is 2. The monoisotopic (exact) mass is 383 g/mol. The standard InChI is InChI=1S/C21H22ClN3O2/c1-14(17-7-6-15-4-2-3-5-18(15)12-17)24-25-20(26)13-23-21(27)16-8-10-19(22)11-9-16/h6-12H,2-5,13H2,1H3,(H,23,27)(H,25,26)/b24-14-. The first-order valence-electron chi connectivity index (χ1n) is 9.02. The number of amides is 2. The summed E-state index contributed by atoms with van der Waals surface area (Å²) < 4.78 is 0. The van der Waals surface area contributed by atoms with Crippen LogP contribution in [-0.4, -0.2) is 24.1 Å². The molecule has 2 N–H and O–H groups in total. The molecule has 0 unspecified atom stereocenters. The molecule has 0 heterocycles. The molecular formula is C21H22ClN3O2. The minimum Gasteiger partial charge on any atom is -0.343 e. The number of aryl methyl sites for hydroxylation is 2. The van der Waals surface area contributed by atoms with E-state index in [2.05, 4.69) is 28.0 Å². The number of carbonyl (C=O) groups is 2. The number of carbonyl (C=O) groups excluding carboxylic acids is 2. The Bertz CT molecular complexity index is 875. The van der Waals surface area contributed by atoms with Crippen molar-refractivity contribution in [1.82, 2.24) is 10.7 Å². The van der Waals surface area contributed by atoms with Gasteiger partial charge in [-0.05, 0) is 79.6 Å². The molecule has 0 aliphatic heterocycles. The van der Waals surface area contributed by atoms with Crippen molar-refractivity contribution in [2.24, 2.45) is 5.10 Å². The zero-order valence-corrected chi connectivity index (χ0v) is 16.0. The third-order valence-corrected chi connectivity index (χ3v) is 4.88. The number of halogens is 1. The highest BCUT2D eigenvalue weighted by atomic mass is 35.5. The molecule has 2 amide bonds. The van der Waals surface area contributed by atoms with Crippen LogP contribution in [0.5, 0.6) is 0 Å². The molecule has 0 saturated carbocycles. The van der Waals surface area contributed by atoms with Crippen molar-refractivity contribution in [2.75, 3.05) is 6.54 Å². The maximum atomic E-state index is 12.0. The lowest BCUT2D eigenvalue weighted by Crippen LogP contribution is -2.35. The largest absolute Gasteiger partial charge is 0.343 e. The minimum atomic E-state index is -0.380. The zero-order chi connectivity index (χ0) is 19.2. The van der Waals surface area contributed by atoms with Gasteiger partial charge in [0.2, 0.25) is 0 Å². The van der Waals surface area contributed by atoms with Crippen LogP contribution in [0.3, 0.4) is 0 Å². The summed E-state index contributed by atoms with van der Waals surface area (Å²) in [5.74, 6) is -0.716. The van der Waals surface area contributed by atoms with Crippen LogP contribution in [0, 0.1) is 0 Å². The van der Waals surface area contributed by atoms with E-state index in [1.54, 1.807) is 24.3 Å². The first-order valence-corrected chi connectivity index (χ1v) is 9.40. The molecule has 0 atom stereocenters. The Labute approximate surface area is 163 Å². The van der Waals surface area contributed by atoms with Crippen molar-refractivity contribution < 1.29 is 9.59 Å². The smallest absolute Gasteiger partial charge is 0.259 e. The molecule has 1 aliphatic rings. The average Bonchev–Trinajstić information content (AvgIpc) is 2.70. The molecule has 5 nitrogen and oxygen atoms in total. The van der Waals surface area contributed by atoms with Crippen molar-refractivity contribution in [2.45, 2.75) is 32.6 Å². The summed E-state index contributed by atoms with van der Waals surface area (Å²) in [6, 6.07) is 12.8. The van der Waals surface area contributed by atoms with Crippen molar-refractivity contribution in [1.29, 1.82) is 0 Å². The third kappa shape index (κ3) is 5.17. The van der Waals surface area contributed by atoms with Crippen LogP contribution >= 0.6 is 11.6 Å².